The Morgan fingerprint density at radius 3 is 3.09 bits per heavy atom. The Morgan fingerprint density at radius 2 is 2.26 bits per heavy atom. The molecule has 0 spiro atoms. The standard InChI is InChI=1S/C18H24N4O/c1-2-22-17-10-14(8-7-13(17)11-19-22)20-18(23)16-9-12-5-3-4-6-15(12)21-16/h7-8,10-12,15-16,21H,2-6,9H2,1H3,(H,20,23). The van der Waals surface area contributed by atoms with Crippen molar-refractivity contribution in [3.8, 4) is 0 Å². The minimum atomic E-state index is -0.0464. The summed E-state index contributed by atoms with van der Waals surface area (Å²) in [6, 6.07) is 6.50. The molecule has 1 aliphatic heterocycles. The summed E-state index contributed by atoms with van der Waals surface area (Å²) in [6.45, 7) is 2.90. The van der Waals surface area contributed by atoms with Crippen molar-refractivity contribution in [2.24, 2.45) is 5.92 Å². The molecule has 2 aliphatic rings. The van der Waals surface area contributed by atoms with Gasteiger partial charge in [0.15, 0.2) is 0 Å². The summed E-state index contributed by atoms with van der Waals surface area (Å²) in [5.41, 5.74) is 1.92. The first-order chi connectivity index (χ1) is 11.2. The zero-order valence-corrected chi connectivity index (χ0v) is 13.6. The first-order valence-corrected chi connectivity index (χ1v) is 8.77. The first-order valence-electron chi connectivity index (χ1n) is 8.77. The zero-order valence-electron chi connectivity index (χ0n) is 13.6. The van der Waals surface area contributed by atoms with Gasteiger partial charge in [-0.2, -0.15) is 5.10 Å². The second kappa shape index (κ2) is 5.96. The van der Waals surface area contributed by atoms with E-state index in [1.807, 2.05) is 29.1 Å². The van der Waals surface area contributed by atoms with E-state index >= 15 is 0 Å². The SMILES string of the molecule is CCn1ncc2ccc(NC(=O)C3CC4CCCCC4N3)cc21. The number of benzene rings is 1. The predicted molar refractivity (Wildman–Crippen MR) is 91.3 cm³/mol. The maximum Gasteiger partial charge on any atom is 0.241 e. The van der Waals surface area contributed by atoms with Gasteiger partial charge in [-0.05, 0) is 50.3 Å². The fourth-order valence-corrected chi connectivity index (χ4v) is 4.15. The van der Waals surface area contributed by atoms with Crippen LogP contribution in [0, 0.1) is 5.92 Å². The van der Waals surface area contributed by atoms with Crippen molar-refractivity contribution in [3.63, 3.8) is 0 Å². The van der Waals surface area contributed by atoms with Gasteiger partial charge in [0.25, 0.3) is 0 Å². The van der Waals surface area contributed by atoms with Crippen LogP contribution in [0.2, 0.25) is 0 Å². The highest BCUT2D eigenvalue weighted by molar-refractivity contribution is 5.97. The molecule has 4 rings (SSSR count). The molecule has 5 nitrogen and oxygen atoms in total. The molecule has 1 aromatic carbocycles. The van der Waals surface area contributed by atoms with Crippen LogP contribution in [0.4, 0.5) is 5.69 Å². The fourth-order valence-electron chi connectivity index (χ4n) is 4.15. The van der Waals surface area contributed by atoms with Crippen molar-refractivity contribution in [3.05, 3.63) is 24.4 Å². The number of fused-ring (bicyclic) bond motifs is 2. The summed E-state index contributed by atoms with van der Waals surface area (Å²) in [4.78, 5) is 12.6. The molecular formula is C18H24N4O. The normalized spacial score (nSPS) is 27.1. The number of carbonyl (C=O) groups excluding carboxylic acids is 1. The molecule has 1 aromatic heterocycles. The van der Waals surface area contributed by atoms with E-state index in [9.17, 15) is 4.79 Å². The third-order valence-corrected chi connectivity index (χ3v) is 5.39. The van der Waals surface area contributed by atoms with Crippen LogP contribution >= 0.6 is 0 Å². The van der Waals surface area contributed by atoms with E-state index < -0.39 is 0 Å². The van der Waals surface area contributed by atoms with Crippen LogP contribution < -0.4 is 10.6 Å². The van der Waals surface area contributed by atoms with Gasteiger partial charge in [-0.3, -0.25) is 9.48 Å². The number of anilines is 1. The fraction of sp³-hybridized carbons (Fsp3) is 0.556. The Hall–Kier alpha value is -1.88. The van der Waals surface area contributed by atoms with Gasteiger partial charge in [0.05, 0.1) is 17.8 Å². The van der Waals surface area contributed by atoms with Crippen LogP contribution in [0.3, 0.4) is 0 Å². The van der Waals surface area contributed by atoms with E-state index in [1.165, 1.54) is 25.7 Å². The Morgan fingerprint density at radius 1 is 1.39 bits per heavy atom. The third kappa shape index (κ3) is 2.74. The molecule has 23 heavy (non-hydrogen) atoms. The summed E-state index contributed by atoms with van der Waals surface area (Å²) >= 11 is 0. The van der Waals surface area contributed by atoms with Crippen molar-refractivity contribution in [1.82, 2.24) is 15.1 Å². The van der Waals surface area contributed by atoms with E-state index in [2.05, 4.69) is 22.7 Å². The molecule has 1 saturated heterocycles. The molecule has 2 N–H and O–H groups in total. The summed E-state index contributed by atoms with van der Waals surface area (Å²) in [5.74, 6) is 0.782. The highest BCUT2D eigenvalue weighted by Gasteiger charge is 2.38. The third-order valence-electron chi connectivity index (χ3n) is 5.39. The van der Waals surface area contributed by atoms with Gasteiger partial charge >= 0.3 is 0 Å². The number of amides is 1. The molecule has 1 amide bonds. The Bertz CT molecular complexity index is 709. The van der Waals surface area contributed by atoms with Gasteiger partial charge < -0.3 is 10.6 Å². The molecular weight excluding hydrogens is 288 g/mol. The van der Waals surface area contributed by atoms with Crippen molar-refractivity contribution in [2.75, 3.05) is 5.32 Å². The Balaban J connectivity index is 1.48. The zero-order chi connectivity index (χ0) is 15.8. The minimum Gasteiger partial charge on any atom is -0.325 e. The molecule has 2 heterocycles. The molecule has 1 saturated carbocycles. The van der Waals surface area contributed by atoms with E-state index in [-0.39, 0.29) is 11.9 Å². The quantitative estimate of drug-likeness (QED) is 0.916. The number of rotatable bonds is 3. The van der Waals surface area contributed by atoms with E-state index in [4.69, 9.17) is 0 Å². The molecule has 0 radical (unpaired) electrons. The molecule has 2 aromatic rings. The van der Waals surface area contributed by atoms with E-state index in [0.717, 1.165) is 29.6 Å². The largest absolute Gasteiger partial charge is 0.325 e. The summed E-state index contributed by atoms with van der Waals surface area (Å²) in [5, 5.41) is 12.1. The molecule has 1 aliphatic carbocycles. The number of aromatic nitrogens is 2. The lowest BCUT2D eigenvalue weighted by molar-refractivity contribution is -0.117. The summed E-state index contributed by atoms with van der Waals surface area (Å²) in [6.07, 6.45) is 7.94. The maximum absolute atomic E-state index is 12.6. The van der Waals surface area contributed by atoms with Crippen LogP contribution in [0.15, 0.2) is 24.4 Å². The van der Waals surface area contributed by atoms with Crippen molar-refractivity contribution < 1.29 is 4.79 Å². The number of hydrogen-bond donors (Lipinski definition) is 2. The number of nitrogens with one attached hydrogen (secondary N) is 2. The van der Waals surface area contributed by atoms with Crippen LogP contribution in [0.1, 0.15) is 39.0 Å². The minimum absolute atomic E-state index is 0.0464. The van der Waals surface area contributed by atoms with Crippen molar-refractivity contribution in [1.29, 1.82) is 0 Å². The lowest BCUT2D eigenvalue weighted by Gasteiger charge is -2.24. The molecule has 3 unspecified atom stereocenters. The highest BCUT2D eigenvalue weighted by atomic mass is 16.2. The van der Waals surface area contributed by atoms with Crippen molar-refractivity contribution in [2.45, 2.75) is 57.7 Å². The highest BCUT2D eigenvalue weighted by Crippen LogP contribution is 2.33. The maximum atomic E-state index is 12.6. The van der Waals surface area contributed by atoms with Gasteiger partial charge in [-0.15, -0.1) is 0 Å². The molecule has 2 fully saturated rings. The van der Waals surface area contributed by atoms with Gasteiger partial charge in [0.1, 0.15) is 0 Å². The average Bonchev–Trinajstić information content (AvgIpc) is 3.18. The average molecular weight is 312 g/mol. The van der Waals surface area contributed by atoms with Gasteiger partial charge in [-0.1, -0.05) is 12.8 Å². The number of hydrogen-bond acceptors (Lipinski definition) is 3. The van der Waals surface area contributed by atoms with Crippen LogP contribution in [0.5, 0.6) is 0 Å². The second-order valence-corrected chi connectivity index (χ2v) is 6.83. The monoisotopic (exact) mass is 312 g/mol. The molecule has 5 heteroatoms. The molecule has 0 bridgehead atoms. The molecule has 122 valence electrons. The van der Waals surface area contributed by atoms with Gasteiger partial charge in [0.2, 0.25) is 5.91 Å². The summed E-state index contributed by atoms with van der Waals surface area (Å²) < 4.78 is 1.95. The lowest BCUT2D eigenvalue weighted by Crippen LogP contribution is -2.39. The van der Waals surface area contributed by atoms with Gasteiger partial charge in [0, 0.05) is 23.7 Å². The lowest BCUT2D eigenvalue weighted by atomic mass is 9.85. The smallest absolute Gasteiger partial charge is 0.241 e. The first kappa shape index (κ1) is 14.7. The summed E-state index contributed by atoms with van der Waals surface area (Å²) in [7, 11) is 0. The van der Waals surface area contributed by atoms with Crippen LogP contribution in [0.25, 0.3) is 10.9 Å². The van der Waals surface area contributed by atoms with Crippen LogP contribution in [-0.4, -0.2) is 27.8 Å². The topological polar surface area (TPSA) is 59.0 Å². The predicted octanol–water partition coefficient (Wildman–Crippen LogP) is 2.92. The number of aryl methyl sites for hydroxylation is 1. The Labute approximate surface area is 136 Å². The molecule has 3 atom stereocenters. The van der Waals surface area contributed by atoms with E-state index in [0.29, 0.717) is 12.0 Å². The number of nitrogens with zero attached hydrogens (tertiary/aromatic N) is 2. The van der Waals surface area contributed by atoms with Crippen LogP contribution in [-0.2, 0) is 11.3 Å². The Kier molecular flexibility index (Phi) is 3.81. The van der Waals surface area contributed by atoms with Crippen molar-refractivity contribution >= 4 is 22.5 Å². The number of carbonyl (C=O) groups is 1. The second-order valence-electron chi connectivity index (χ2n) is 6.83. The van der Waals surface area contributed by atoms with E-state index in [1.54, 1.807) is 0 Å². The van der Waals surface area contributed by atoms with Gasteiger partial charge in [-0.25, -0.2) is 0 Å².